The number of allylic oxidation sites excluding steroid dienone is 3. The summed E-state index contributed by atoms with van der Waals surface area (Å²) >= 11 is 0. The van der Waals surface area contributed by atoms with Crippen LogP contribution in [0.2, 0.25) is 0 Å². The van der Waals surface area contributed by atoms with Gasteiger partial charge in [-0.1, -0.05) is 77.1 Å². The van der Waals surface area contributed by atoms with Crippen molar-refractivity contribution in [3.05, 3.63) is 66.9 Å². The second-order valence-electron chi connectivity index (χ2n) is 4.95. The van der Waals surface area contributed by atoms with E-state index in [0.29, 0.717) is 17.4 Å². The average Bonchev–Trinajstić information content (AvgIpc) is 2.55. The van der Waals surface area contributed by atoms with Crippen molar-refractivity contribution in [3.63, 3.8) is 0 Å². The van der Waals surface area contributed by atoms with E-state index in [1.54, 1.807) is 30.3 Å². The molecule has 0 bridgehead atoms. The second kappa shape index (κ2) is 12.3. The lowest BCUT2D eigenvalue weighted by Gasteiger charge is -2.10. The molecule has 0 saturated heterocycles. The Hall–Kier alpha value is -2.29. The van der Waals surface area contributed by atoms with Crippen LogP contribution in [-0.4, -0.2) is 6.09 Å². The monoisotopic (exact) mass is 315 g/mol. The molecule has 126 valence electrons. The van der Waals surface area contributed by atoms with Gasteiger partial charge in [-0.05, 0) is 30.5 Å². The first-order valence-electron chi connectivity index (χ1n) is 8.12. The number of benzene rings is 1. The molecule has 1 unspecified atom stereocenters. The van der Waals surface area contributed by atoms with Crippen LogP contribution in [0.25, 0.3) is 0 Å². The number of para-hydroxylation sites is 1. The van der Waals surface area contributed by atoms with Crippen molar-refractivity contribution < 1.29 is 9.53 Å². The van der Waals surface area contributed by atoms with Crippen molar-refractivity contribution in [2.75, 3.05) is 0 Å². The van der Waals surface area contributed by atoms with Gasteiger partial charge in [-0.2, -0.15) is 0 Å². The number of amides is 1. The van der Waals surface area contributed by atoms with E-state index in [1.165, 1.54) is 0 Å². The Morgan fingerprint density at radius 2 is 1.83 bits per heavy atom. The second-order valence-corrected chi connectivity index (χ2v) is 4.95. The highest BCUT2D eigenvalue weighted by Crippen LogP contribution is 2.16. The van der Waals surface area contributed by atoms with Crippen molar-refractivity contribution in [2.24, 2.45) is 5.92 Å². The minimum absolute atomic E-state index is 0.426. The summed E-state index contributed by atoms with van der Waals surface area (Å²) in [6, 6.07) is 8.89. The quantitative estimate of drug-likeness (QED) is 0.640. The molecule has 1 aromatic carbocycles. The van der Waals surface area contributed by atoms with Crippen LogP contribution in [-0.2, 0) is 0 Å². The number of carbonyl (C=O) groups is 1. The van der Waals surface area contributed by atoms with Gasteiger partial charge < -0.3 is 4.74 Å². The number of rotatable bonds is 7. The molecule has 0 radical (unpaired) electrons. The predicted molar refractivity (Wildman–Crippen MR) is 98.4 cm³/mol. The zero-order chi connectivity index (χ0) is 17.7. The number of ether oxygens (including phenoxy) is 1. The maximum atomic E-state index is 11.7. The highest BCUT2D eigenvalue weighted by molar-refractivity contribution is 5.72. The zero-order valence-electron chi connectivity index (χ0n) is 14.8. The molecule has 1 aromatic rings. The van der Waals surface area contributed by atoms with Crippen molar-refractivity contribution in [3.8, 4) is 5.75 Å². The van der Waals surface area contributed by atoms with E-state index < -0.39 is 6.09 Å². The molecule has 0 saturated carbocycles. The third-order valence-corrected chi connectivity index (χ3v) is 3.07. The third-order valence-electron chi connectivity index (χ3n) is 3.07. The SMILES string of the molecule is C=C(/C=C\C(=C)C(C)CCC)NC(=O)Oc1ccccc1.CC. The van der Waals surface area contributed by atoms with Gasteiger partial charge in [0.2, 0.25) is 0 Å². The van der Waals surface area contributed by atoms with Crippen LogP contribution >= 0.6 is 0 Å². The van der Waals surface area contributed by atoms with Gasteiger partial charge in [-0.3, -0.25) is 5.32 Å². The third kappa shape index (κ3) is 9.35. The summed E-state index contributed by atoms with van der Waals surface area (Å²) < 4.78 is 5.11. The van der Waals surface area contributed by atoms with E-state index in [2.05, 4.69) is 32.3 Å². The molecule has 0 aliphatic carbocycles. The fourth-order valence-electron chi connectivity index (χ4n) is 1.78. The Morgan fingerprint density at radius 1 is 1.22 bits per heavy atom. The number of hydrogen-bond acceptors (Lipinski definition) is 2. The van der Waals surface area contributed by atoms with Gasteiger partial charge in [0.1, 0.15) is 5.75 Å². The standard InChI is InChI=1S/C18H23NO2.C2H6/c1-5-9-14(2)15(3)12-13-16(4)19-18(20)21-17-10-7-6-8-11-17;1-2/h6-8,10-14H,3-5,9H2,1-2H3,(H,19,20);1-2H3/b13-12-;. The van der Waals surface area contributed by atoms with E-state index in [0.717, 1.165) is 18.4 Å². The molecule has 0 spiro atoms. The van der Waals surface area contributed by atoms with Crippen LogP contribution in [0.4, 0.5) is 4.79 Å². The van der Waals surface area contributed by atoms with Gasteiger partial charge in [-0.25, -0.2) is 4.79 Å². The Bertz CT molecular complexity index is 518. The van der Waals surface area contributed by atoms with Gasteiger partial charge in [0.05, 0.1) is 0 Å². The summed E-state index contributed by atoms with van der Waals surface area (Å²) in [6.45, 7) is 16.1. The highest BCUT2D eigenvalue weighted by atomic mass is 16.6. The molecule has 1 atom stereocenters. The Kier molecular flexibility index (Phi) is 11.1. The molecule has 1 amide bonds. The van der Waals surface area contributed by atoms with Gasteiger partial charge in [-0.15, -0.1) is 0 Å². The maximum Gasteiger partial charge on any atom is 0.417 e. The van der Waals surface area contributed by atoms with Crippen molar-refractivity contribution >= 4 is 6.09 Å². The molecule has 1 rings (SSSR count). The van der Waals surface area contributed by atoms with Gasteiger partial charge in [0.25, 0.3) is 0 Å². The Balaban J connectivity index is 0.00000232. The summed E-state index contributed by atoms with van der Waals surface area (Å²) in [5.41, 5.74) is 1.50. The molecule has 23 heavy (non-hydrogen) atoms. The van der Waals surface area contributed by atoms with Gasteiger partial charge in [0.15, 0.2) is 0 Å². The van der Waals surface area contributed by atoms with Crippen molar-refractivity contribution in [1.82, 2.24) is 5.32 Å². The first-order chi connectivity index (χ1) is 11.0. The smallest absolute Gasteiger partial charge is 0.410 e. The summed E-state index contributed by atoms with van der Waals surface area (Å²) in [5.74, 6) is 0.920. The van der Waals surface area contributed by atoms with E-state index in [9.17, 15) is 4.79 Å². The molecule has 0 aromatic heterocycles. The Labute approximate surface area is 140 Å². The topological polar surface area (TPSA) is 38.3 Å². The molecule has 0 aliphatic rings. The normalized spacial score (nSPS) is 11.1. The van der Waals surface area contributed by atoms with Crippen molar-refractivity contribution in [1.29, 1.82) is 0 Å². The first kappa shape index (κ1) is 20.7. The number of hydrogen-bond donors (Lipinski definition) is 1. The van der Waals surface area contributed by atoms with Crippen LogP contribution in [0.1, 0.15) is 40.5 Å². The van der Waals surface area contributed by atoms with Crippen LogP contribution < -0.4 is 10.1 Å². The molecule has 0 fully saturated rings. The predicted octanol–water partition coefficient (Wildman–Crippen LogP) is 5.86. The molecular weight excluding hydrogens is 286 g/mol. The summed E-state index contributed by atoms with van der Waals surface area (Å²) in [6.07, 6.45) is 5.28. The molecule has 3 heteroatoms. The minimum atomic E-state index is -0.553. The largest absolute Gasteiger partial charge is 0.417 e. The zero-order valence-corrected chi connectivity index (χ0v) is 14.8. The minimum Gasteiger partial charge on any atom is -0.410 e. The van der Waals surface area contributed by atoms with Gasteiger partial charge in [0, 0.05) is 5.70 Å². The molecule has 0 heterocycles. The van der Waals surface area contributed by atoms with Crippen LogP contribution in [0.3, 0.4) is 0 Å². The van der Waals surface area contributed by atoms with Gasteiger partial charge >= 0.3 is 6.09 Å². The summed E-state index contributed by atoms with van der Waals surface area (Å²) in [4.78, 5) is 11.7. The Morgan fingerprint density at radius 3 is 2.39 bits per heavy atom. The molecule has 1 N–H and O–H groups in total. The lowest BCUT2D eigenvalue weighted by Crippen LogP contribution is -2.24. The highest BCUT2D eigenvalue weighted by Gasteiger charge is 2.05. The fourth-order valence-corrected chi connectivity index (χ4v) is 1.78. The van der Waals surface area contributed by atoms with E-state index in [1.807, 2.05) is 26.0 Å². The summed E-state index contributed by atoms with van der Waals surface area (Å²) in [7, 11) is 0. The lowest BCUT2D eigenvalue weighted by molar-refractivity contribution is 0.204. The van der Waals surface area contributed by atoms with Crippen LogP contribution in [0.5, 0.6) is 5.75 Å². The molecular formula is C20H29NO2. The number of carbonyl (C=O) groups excluding carboxylic acids is 1. The lowest BCUT2D eigenvalue weighted by atomic mass is 9.97. The van der Waals surface area contributed by atoms with E-state index in [-0.39, 0.29) is 0 Å². The maximum absolute atomic E-state index is 11.7. The number of nitrogens with one attached hydrogen (secondary N) is 1. The van der Waals surface area contributed by atoms with E-state index in [4.69, 9.17) is 4.74 Å². The molecule has 3 nitrogen and oxygen atoms in total. The molecule has 0 aliphatic heterocycles. The average molecular weight is 315 g/mol. The summed E-state index contributed by atoms with van der Waals surface area (Å²) in [5, 5.41) is 2.57. The fraction of sp³-hybridized carbons (Fsp3) is 0.350. The van der Waals surface area contributed by atoms with Crippen LogP contribution in [0, 0.1) is 5.92 Å². The van der Waals surface area contributed by atoms with Crippen LogP contribution in [0.15, 0.2) is 66.9 Å². The van der Waals surface area contributed by atoms with E-state index >= 15 is 0 Å². The van der Waals surface area contributed by atoms with Crippen molar-refractivity contribution in [2.45, 2.75) is 40.5 Å². The first-order valence-corrected chi connectivity index (χ1v) is 8.12.